The van der Waals surface area contributed by atoms with E-state index in [9.17, 15) is 0 Å². The fourth-order valence-corrected chi connectivity index (χ4v) is 1.36. The lowest BCUT2D eigenvalue weighted by molar-refractivity contribution is 0.986. The highest BCUT2D eigenvalue weighted by molar-refractivity contribution is 5.11. The van der Waals surface area contributed by atoms with E-state index in [4.69, 9.17) is 0 Å². The van der Waals surface area contributed by atoms with Crippen molar-refractivity contribution < 1.29 is 0 Å². The molecule has 0 aromatic carbocycles. The zero-order valence-corrected chi connectivity index (χ0v) is 8.14. The Hall–Kier alpha value is -0.780. The van der Waals surface area contributed by atoms with Gasteiger partial charge in [-0.15, -0.1) is 0 Å². The van der Waals surface area contributed by atoms with Gasteiger partial charge in [0, 0.05) is 0 Å². The molecule has 0 atom stereocenters. The zero-order chi connectivity index (χ0) is 8.81. The van der Waals surface area contributed by atoms with Gasteiger partial charge in [0.25, 0.3) is 0 Å². The Morgan fingerprint density at radius 3 is 1.67 bits per heavy atom. The van der Waals surface area contributed by atoms with Gasteiger partial charge in [0.2, 0.25) is 0 Å². The van der Waals surface area contributed by atoms with Gasteiger partial charge >= 0.3 is 0 Å². The highest BCUT2D eigenvalue weighted by Gasteiger charge is 1.90. The average molecular weight is 162 g/mol. The lowest BCUT2D eigenvalue weighted by Gasteiger charge is -2.00. The predicted octanol–water partition coefficient (Wildman–Crippen LogP) is 4.01. The van der Waals surface area contributed by atoms with Gasteiger partial charge in [0.05, 0.1) is 0 Å². The summed E-state index contributed by atoms with van der Waals surface area (Å²) in [6.45, 7) is 4.42. The fourth-order valence-electron chi connectivity index (χ4n) is 1.36. The van der Waals surface area contributed by atoms with Gasteiger partial charge in [-0.1, -0.05) is 35.5 Å². The molecule has 0 heteroatoms. The molecule has 0 amide bonds. The van der Waals surface area contributed by atoms with Crippen LogP contribution in [0.1, 0.15) is 39.5 Å². The molecule has 0 saturated carbocycles. The Balaban J connectivity index is 2.59. The predicted molar refractivity (Wildman–Crippen MR) is 55.1 cm³/mol. The van der Waals surface area contributed by atoms with Gasteiger partial charge in [-0.3, -0.25) is 0 Å². The van der Waals surface area contributed by atoms with Crippen LogP contribution in [0.3, 0.4) is 0 Å². The summed E-state index contributed by atoms with van der Waals surface area (Å²) in [5.41, 5.74) is 3.00. The molecule has 0 fully saturated rings. The van der Waals surface area contributed by atoms with Gasteiger partial charge in [0.1, 0.15) is 0 Å². The van der Waals surface area contributed by atoms with Gasteiger partial charge in [-0.05, 0) is 39.5 Å². The summed E-state index contributed by atoms with van der Waals surface area (Å²) >= 11 is 0. The standard InChI is InChI=1S/C12H18/c1-11-7-3-5-9-12(2)10-6-4-8-11/h3,5,8,10H,4,6-7,9H2,1-2H3. The van der Waals surface area contributed by atoms with Gasteiger partial charge < -0.3 is 0 Å². The molecule has 0 spiro atoms. The highest BCUT2D eigenvalue weighted by atomic mass is 14.0. The van der Waals surface area contributed by atoms with Crippen molar-refractivity contribution in [2.75, 3.05) is 0 Å². The first-order valence-electron chi connectivity index (χ1n) is 4.75. The van der Waals surface area contributed by atoms with Crippen LogP contribution in [0.15, 0.2) is 35.5 Å². The molecular weight excluding hydrogens is 144 g/mol. The van der Waals surface area contributed by atoms with Crippen molar-refractivity contribution in [2.24, 2.45) is 0 Å². The summed E-state index contributed by atoms with van der Waals surface area (Å²) in [5, 5.41) is 0. The highest BCUT2D eigenvalue weighted by Crippen LogP contribution is 2.11. The topological polar surface area (TPSA) is 0 Å². The molecule has 0 N–H and O–H groups in total. The Morgan fingerprint density at radius 2 is 1.25 bits per heavy atom. The quantitative estimate of drug-likeness (QED) is 0.472. The molecule has 1 rings (SSSR count). The molecule has 0 radical (unpaired) electrons. The minimum atomic E-state index is 1.13. The molecular formula is C12H18. The zero-order valence-electron chi connectivity index (χ0n) is 8.14. The van der Waals surface area contributed by atoms with E-state index in [1.165, 1.54) is 24.0 Å². The summed E-state index contributed by atoms with van der Waals surface area (Å²) in [6, 6.07) is 0. The van der Waals surface area contributed by atoms with Crippen molar-refractivity contribution >= 4 is 0 Å². The van der Waals surface area contributed by atoms with Crippen LogP contribution in [-0.2, 0) is 0 Å². The SMILES string of the molecule is CC1=CCCC=C(C)CC=CC1. The summed E-state index contributed by atoms with van der Waals surface area (Å²) in [5.74, 6) is 0. The molecule has 66 valence electrons. The van der Waals surface area contributed by atoms with Crippen molar-refractivity contribution in [3.63, 3.8) is 0 Å². The van der Waals surface area contributed by atoms with E-state index in [0.717, 1.165) is 12.8 Å². The fraction of sp³-hybridized carbons (Fsp3) is 0.500. The largest absolute Gasteiger partial charge is 0.0850 e. The molecule has 0 bridgehead atoms. The van der Waals surface area contributed by atoms with E-state index in [0.29, 0.717) is 0 Å². The molecule has 12 heavy (non-hydrogen) atoms. The van der Waals surface area contributed by atoms with Crippen LogP contribution in [-0.4, -0.2) is 0 Å². The van der Waals surface area contributed by atoms with E-state index in [1.54, 1.807) is 0 Å². The summed E-state index contributed by atoms with van der Waals surface area (Å²) in [4.78, 5) is 0. The Kier molecular flexibility index (Phi) is 3.86. The molecule has 0 heterocycles. The summed E-state index contributed by atoms with van der Waals surface area (Å²) in [6.07, 6.45) is 13.9. The maximum absolute atomic E-state index is 2.35. The maximum atomic E-state index is 2.35. The van der Waals surface area contributed by atoms with E-state index >= 15 is 0 Å². The minimum Gasteiger partial charge on any atom is -0.0850 e. The number of hydrogen-bond acceptors (Lipinski definition) is 0. The first-order valence-corrected chi connectivity index (χ1v) is 4.75. The lowest BCUT2D eigenvalue weighted by atomic mass is 10.1. The molecule has 1 aliphatic carbocycles. The van der Waals surface area contributed by atoms with E-state index in [-0.39, 0.29) is 0 Å². The normalized spacial score (nSPS) is 19.8. The first-order chi connectivity index (χ1) is 5.79. The van der Waals surface area contributed by atoms with Gasteiger partial charge in [-0.2, -0.15) is 0 Å². The minimum absolute atomic E-state index is 1.13. The van der Waals surface area contributed by atoms with Crippen LogP contribution < -0.4 is 0 Å². The molecule has 0 aromatic rings. The smallest absolute Gasteiger partial charge is 0.0141 e. The molecule has 0 saturated heterocycles. The average Bonchev–Trinajstić information content (AvgIpc) is 2.06. The third-order valence-corrected chi connectivity index (χ3v) is 2.20. The maximum Gasteiger partial charge on any atom is -0.0141 e. The number of allylic oxidation sites excluding steroid dienone is 6. The van der Waals surface area contributed by atoms with Crippen LogP contribution >= 0.6 is 0 Å². The van der Waals surface area contributed by atoms with Crippen LogP contribution in [0.25, 0.3) is 0 Å². The second-order valence-corrected chi connectivity index (χ2v) is 3.56. The summed E-state index contributed by atoms with van der Waals surface area (Å²) in [7, 11) is 0. The van der Waals surface area contributed by atoms with Crippen LogP contribution in [0.5, 0.6) is 0 Å². The van der Waals surface area contributed by atoms with Crippen molar-refractivity contribution in [1.82, 2.24) is 0 Å². The molecule has 0 aromatic heterocycles. The number of rotatable bonds is 0. The van der Waals surface area contributed by atoms with E-state index in [2.05, 4.69) is 38.2 Å². The molecule has 1 aliphatic rings. The lowest BCUT2D eigenvalue weighted by Crippen LogP contribution is -1.80. The Labute approximate surface area is 75.7 Å². The Morgan fingerprint density at radius 1 is 0.833 bits per heavy atom. The van der Waals surface area contributed by atoms with E-state index < -0.39 is 0 Å². The van der Waals surface area contributed by atoms with Crippen LogP contribution in [0.2, 0.25) is 0 Å². The monoisotopic (exact) mass is 162 g/mol. The molecule has 0 aliphatic heterocycles. The second kappa shape index (κ2) is 4.97. The van der Waals surface area contributed by atoms with Crippen LogP contribution in [0, 0.1) is 0 Å². The Bertz CT molecular complexity index is 192. The van der Waals surface area contributed by atoms with E-state index in [1.807, 2.05) is 0 Å². The van der Waals surface area contributed by atoms with Crippen molar-refractivity contribution in [3.05, 3.63) is 35.5 Å². The van der Waals surface area contributed by atoms with Gasteiger partial charge in [-0.25, -0.2) is 0 Å². The first kappa shape index (κ1) is 9.31. The third kappa shape index (κ3) is 3.56. The molecule has 0 unspecified atom stereocenters. The third-order valence-electron chi connectivity index (χ3n) is 2.20. The van der Waals surface area contributed by atoms with Crippen LogP contribution in [0.4, 0.5) is 0 Å². The van der Waals surface area contributed by atoms with Gasteiger partial charge in [0.15, 0.2) is 0 Å². The molecule has 0 nitrogen and oxygen atoms in total. The summed E-state index contributed by atoms with van der Waals surface area (Å²) < 4.78 is 0. The number of hydrogen-bond donors (Lipinski definition) is 0. The van der Waals surface area contributed by atoms with Crippen molar-refractivity contribution in [2.45, 2.75) is 39.5 Å². The second-order valence-electron chi connectivity index (χ2n) is 3.56. The van der Waals surface area contributed by atoms with Crippen molar-refractivity contribution in [3.8, 4) is 0 Å². The van der Waals surface area contributed by atoms with Crippen molar-refractivity contribution in [1.29, 1.82) is 0 Å².